The van der Waals surface area contributed by atoms with Crippen molar-refractivity contribution >= 4 is 11.8 Å². The number of nitrogens with zero attached hydrogens (tertiary/aromatic N) is 6. The number of aryl methyl sites for hydroxylation is 1. The summed E-state index contributed by atoms with van der Waals surface area (Å²) in [6, 6.07) is 18.4. The molecule has 11 nitrogen and oxygen atoms in total. The number of aromatic nitrogens is 4. The first-order valence-electron chi connectivity index (χ1n) is 15.5. The van der Waals surface area contributed by atoms with Gasteiger partial charge in [0.25, 0.3) is 0 Å². The zero-order valence-electron chi connectivity index (χ0n) is 25.3. The van der Waals surface area contributed by atoms with Crippen LogP contribution in [0.1, 0.15) is 48.6 Å². The van der Waals surface area contributed by atoms with Gasteiger partial charge in [0.1, 0.15) is 24.2 Å². The number of tetrazole rings is 1. The molecule has 2 fully saturated rings. The van der Waals surface area contributed by atoms with Crippen molar-refractivity contribution < 1.29 is 23.1 Å². The van der Waals surface area contributed by atoms with Crippen molar-refractivity contribution in [1.82, 2.24) is 35.3 Å². The van der Waals surface area contributed by atoms with Crippen LogP contribution in [0.4, 0.5) is 4.39 Å². The molecule has 0 spiro atoms. The SMILES string of the molecule is Cc1ccc(-c2nnn(CC(=O)N(C3CCN(Cc4ccccc4)CC3)[C@H](C(=O)NC[C@H]3CCCO3)c3ccc(F)cc3)n2)o1. The molecule has 2 amide bonds. The third-order valence-corrected chi connectivity index (χ3v) is 8.42. The van der Waals surface area contributed by atoms with Gasteiger partial charge in [-0.15, -0.1) is 10.2 Å². The molecular formula is C33H38FN7O4. The van der Waals surface area contributed by atoms with Crippen molar-refractivity contribution in [3.05, 3.63) is 89.4 Å². The number of rotatable bonds is 11. The molecule has 2 saturated heterocycles. The zero-order chi connectivity index (χ0) is 31.2. The molecule has 6 rings (SSSR count). The molecule has 0 unspecified atom stereocenters. The summed E-state index contributed by atoms with van der Waals surface area (Å²) in [6.07, 6.45) is 3.06. The van der Waals surface area contributed by atoms with Crippen molar-refractivity contribution in [1.29, 1.82) is 0 Å². The highest BCUT2D eigenvalue weighted by molar-refractivity contribution is 5.89. The molecule has 2 aliphatic rings. The fraction of sp³-hybridized carbons (Fsp3) is 0.424. The minimum atomic E-state index is -0.985. The molecule has 12 heteroatoms. The van der Waals surface area contributed by atoms with Gasteiger partial charge in [-0.1, -0.05) is 42.5 Å². The number of hydrogen-bond acceptors (Lipinski definition) is 8. The van der Waals surface area contributed by atoms with Crippen molar-refractivity contribution in [3.63, 3.8) is 0 Å². The number of benzene rings is 2. The Hall–Kier alpha value is -4.42. The Morgan fingerprint density at radius 3 is 2.51 bits per heavy atom. The van der Waals surface area contributed by atoms with E-state index in [1.807, 2.05) is 25.1 Å². The van der Waals surface area contributed by atoms with E-state index >= 15 is 0 Å². The van der Waals surface area contributed by atoms with E-state index in [0.717, 1.165) is 32.5 Å². The number of nitrogens with one attached hydrogen (secondary N) is 1. The molecular weight excluding hydrogens is 577 g/mol. The summed E-state index contributed by atoms with van der Waals surface area (Å²) in [4.78, 5) is 33.5. The molecule has 45 heavy (non-hydrogen) atoms. The van der Waals surface area contributed by atoms with E-state index in [1.165, 1.54) is 22.5 Å². The van der Waals surface area contributed by atoms with Crippen molar-refractivity contribution in [2.75, 3.05) is 26.2 Å². The predicted octanol–water partition coefficient (Wildman–Crippen LogP) is 3.91. The minimum absolute atomic E-state index is 0.0730. The zero-order valence-corrected chi connectivity index (χ0v) is 25.3. The number of halogens is 1. The van der Waals surface area contributed by atoms with E-state index in [4.69, 9.17) is 9.15 Å². The summed E-state index contributed by atoms with van der Waals surface area (Å²) >= 11 is 0. The van der Waals surface area contributed by atoms with Crippen LogP contribution in [-0.4, -0.2) is 80.2 Å². The van der Waals surface area contributed by atoms with Gasteiger partial charge in [0, 0.05) is 38.8 Å². The van der Waals surface area contributed by atoms with Gasteiger partial charge in [-0.25, -0.2) is 4.39 Å². The summed E-state index contributed by atoms with van der Waals surface area (Å²) in [5.74, 6) is 0.330. The smallest absolute Gasteiger partial charge is 0.247 e. The molecule has 2 aliphatic heterocycles. The second kappa shape index (κ2) is 14.1. The normalized spacial score (nSPS) is 18.1. The second-order valence-corrected chi connectivity index (χ2v) is 11.7. The number of carbonyl (C=O) groups is 2. The first-order chi connectivity index (χ1) is 21.9. The summed E-state index contributed by atoms with van der Waals surface area (Å²) in [6.45, 7) is 4.90. The summed E-state index contributed by atoms with van der Waals surface area (Å²) in [5, 5.41) is 15.6. The average Bonchev–Trinajstić information content (AvgIpc) is 3.83. The lowest BCUT2D eigenvalue weighted by Gasteiger charge is -2.42. The fourth-order valence-corrected chi connectivity index (χ4v) is 6.12. The quantitative estimate of drug-likeness (QED) is 0.270. The summed E-state index contributed by atoms with van der Waals surface area (Å²) in [5.41, 5.74) is 1.75. The van der Waals surface area contributed by atoms with Gasteiger partial charge in [-0.05, 0) is 73.2 Å². The molecule has 1 N–H and O–H groups in total. The molecule has 0 bridgehead atoms. The first kappa shape index (κ1) is 30.6. The van der Waals surface area contributed by atoms with E-state index in [9.17, 15) is 14.0 Å². The number of piperidine rings is 1. The molecule has 2 aromatic carbocycles. The first-order valence-corrected chi connectivity index (χ1v) is 15.5. The van der Waals surface area contributed by atoms with Gasteiger partial charge >= 0.3 is 0 Å². The lowest BCUT2D eigenvalue weighted by Crippen LogP contribution is -2.53. The van der Waals surface area contributed by atoms with Gasteiger partial charge in [-0.2, -0.15) is 4.80 Å². The monoisotopic (exact) mass is 615 g/mol. The van der Waals surface area contributed by atoms with Crippen molar-refractivity contribution in [3.8, 4) is 11.6 Å². The van der Waals surface area contributed by atoms with Crippen LogP contribution < -0.4 is 5.32 Å². The Morgan fingerprint density at radius 1 is 1.04 bits per heavy atom. The lowest BCUT2D eigenvalue weighted by atomic mass is 9.96. The topological polar surface area (TPSA) is 119 Å². The molecule has 4 heterocycles. The number of likely N-dealkylation sites (tertiary alicyclic amines) is 1. The van der Waals surface area contributed by atoms with Gasteiger partial charge < -0.3 is 19.4 Å². The van der Waals surface area contributed by atoms with Gasteiger partial charge in [0.15, 0.2) is 5.76 Å². The Labute approximate surface area is 261 Å². The molecule has 4 aromatic rings. The molecule has 2 atom stereocenters. The maximum atomic E-state index is 14.3. The van der Waals surface area contributed by atoms with Crippen LogP contribution in [0, 0.1) is 12.7 Å². The standard InChI is InChI=1S/C33H38FN7O4/c1-23-9-14-29(45-23)32-36-38-40(37-32)22-30(42)41(27-15-17-39(18-16-27)21-24-6-3-2-4-7-24)31(25-10-12-26(34)13-11-25)33(43)35-20-28-8-5-19-44-28/h2-4,6-7,9-14,27-28,31H,5,8,15-22H2,1H3,(H,35,43)/t28-,31+/m1/s1. The maximum Gasteiger partial charge on any atom is 0.247 e. The van der Waals surface area contributed by atoms with E-state index in [2.05, 4.69) is 37.8 Å². The number of amides is 2. The van der Waals surface area contributed by atoms with Crippen molar-refractivity contribution in [2.24, 2.45) is 0 Å². The maximum absolute atomic E-state index is 14.3. The third-order valence-electron chi connectivity index (χ3n) is 8.42. The fourth-order valence-electron chi connectivity index (χ4n) is 6.12. The molecule has 236 valence electrons. The summed E-state index contributed by atoms with van der Waals surface area (Å²) in [7, 11) is 0. The lowest BCUT2D eigenvalue weighted by molar-refractivity contribution is -0.146. The largest absolute Gasteiger partial charge is 0.458 e. The number of hydrogen-bond donors (Lipinski definition) is 1. The molecule has 0 radical (unpaired) electrons. The molecule has 0 saturated carbocycles. The predicted molar refractivity (Wildman–Crippen MR) is 163 cm³/mol. The van der Waals surface area contributed by atoms with Crippen LogP contribution in [0.25, 0.3) is 11.6 Å². The third kappa shape index (κ3) is 7.63. The minimum Gasteiger partial charge on any atom is -0.458 e. The van der Waals surface area contributed by atoms with Crippen LogP contribution >= 0.6 is 0 Å². The van der Waals surface area contributed by atoms with E-state index in [1.54, 1.807) is 29.2 Å². The van der Waals surface area contributed by atoms with Gasteiger partial charge in [0.2, 0.25) is 17.6 Å². The highest BCUT2D eigenvalue weighted by Crippen LogP contribution is 2.30. The van der Waals surface area contributed by atoms with Crippen LogP contribution in [0.5, 0.6) is 0 Å². The number of furan rings is 1. The number of ether oxygens (including phenoxy) is 1. The van der Waals surface area contributed by atoms with Gasteiger partial charge in [0.05, 0.1) is 6.10 Å². The Balaban J connectivity index is 1.26. The molecule has 0 aliphatic carbocycles. The summed E-state index contributed by atoms with van der Waals surface area (Å²) < 4.78 is 25.4. The Bertz CT molecular complexity index is 1560. The van der Waals surface area contributed by atoms with E-state index in [-0.39, 0.29) is 36.3 Å². The van der Waals surface area contributed by atoms with Crippen LogP contribution in [-0.2, 0) is 27.4 Å². The molecule has 2 aromatic heterocycles. The Kier molecular flexibility index (Phi) is 9.61. The average molecular weight is 616 g/mol. The Morgan fingerprint density at radius 2 is 1.82 bits per heavy atom. The van der Waals surface area contributed by atoms with Crippen molar-refractivity contribution in [2.45, 2.75) is 63.9 Å². The van der Waals surface area contributed by atoms with Crippen LogP contribution in [0.15, 0.2) is 71.1 Å². The van der Waals surface area contributed by atoms with E-state index in [0.29, 0.717) is 43.1 Å². The van der Waals surface area contributed by atoms with Crippen LogP contribution in [0.3, 0.4) is 0 Å². The highest BCUT2D eigenvalue weighted by atomic mass is 19.1. The van der Waals surface area contributed by atoms with Gasteiger partial charge in [-0.3, -0.25) is 14.5 Å². The highest BCUT2D eigenvalue weighted by Gasteiger charge is 2.38. The second-order valence-electron chi connectivity index (χ2n) is 11.7. The number of carbonyl (C=O) groups excluding carboxylic acids is 2. The van der Waals surface area contributed by atoms with Crippen LogP contribution in [0.2, 0.25) is 0 Å². The van der Waals surface area contributed by atoms with E-state index < -0.39 is 11.9 Å².